The molecular weight excluding hydrogens is 363 g/mol. The molecule has 0 aliphatic carbocycles. The van der Waals surface area contributed by atoms with E-state index in [1.165, 1.54) is 0 Å². The fraction of sp³-hybridized carbons (Fsp3) is 0.429. The van der Waals surface area contributed by atoms with Gasteiger partial charge in [-0.2, -0.15) is 18.4 Å². The summed E-state index contributed by atoms with van der Waals surface area (Å²) in [7, 11) is 0. The van der Waals surface area contributed by atoms with Gasteiger partial charge >= 0.3 is 6.18 Å². The highest BCUT2D eigenvalue weighted by molar-refractivity contribution is 9.10. The Morgan fingerprint density at radius 1 is 1.50 bits per heavy atom. The second-order valence-electron chi connectivity index (χ2n) is 5.13. The fourth-order valence-electron chi connectivity index (χ4n) is 2.25. The Morgan fingerprint density at radius 3 is 2.73 bits per heavy atom. The van der Waals surface area contributed by atoms with E-state index in [0.29, 0.717) is 5.56 Å². The SMILES string of the molecule is N#CC(NC(=O)C1CN(CC(F)(F)F)C1)c1cccc(Br)c1. The number of amides is 1. The monoisotopic (exact) mass is 375 g/mol. The van der Waals surface area contributed by atoms with Gasteiger partial charge in [0.25, 0.3) is 0 Å². The highest BCUT2D eigenvalue weighted by Gasteiger charge is 2.40. The highest BCUT2D eigenvalue weighted by Crippen LogP contribution is 2.24. The van der Waals surface area contributed by atoms with Gasteiger partial charge in [0.1, 0.15) is 6.04 Å². The first-order valence-electron chi connectivity index (χ1n) is 6.53. The van der Waals surface area contributed by atoms with E-state index in [0.717, 1.165) is 9.37 Å². The smallest absolute Gasteiger partial charge is 0.336 e. The number of nitrogens with zero attached hydrogens (tertiary/aromatic N) is 2. The Labute approximate surface area is 134 Å². The van der Waals surface area contributed by atoms with Gasteiger partial charge in [0, 0.05) is 17.6 Å². The van der Waals surface area contributed by atoms with E-state index in [1.54, 1.807) is 24.3 Å². The van der Waals surface area contributed by atoms with E-state index < -0.39 is 30.6 Å². The number of rotatable bonds is 4. The minimum atomic E-state index is -4.26. The predicted octanol–water partition coefficient (Wildman–Crippen LogP) is 2.62. The van der Waals surface area contributed by atoms with Crippen LogP contribution in [0.3, 0.4) is 0 Å². The number of hydrogen-bond acceptors (Lipinski definition) is 3. The molecule has 0 radical (unpaired) electrons. The number of halogens is 4. The summed E-state index contributed by atoms with van der Waals surface area (Å²) in [5.41, 5.74) is 0.622. The molecule has 1 aromatic carbocycles. The summed E-state index contributed by atoms with van der Waals surface area (Å²) in [5, 5.41) is 11.7. The molecule has 1 atom stereocenters. The molecule has 1 unspecified atom stereocenters. The quantitative estimate of drug-likeness (QED) is 0.879. The third kappa shape index (κ3) is 4.45. The molecule has 2 rings (SSSR count). The van der Waals surface area contributed by atoms with Crippen molar-refractivity contribution in [2.45, 2.75) is 12.2 Å². The third-order valence-electron chi connectivity index (χ3n) is 3.33. The van der Waals surface area contributed by atoms with Gasteiger partial charge < -0.3 is 5.32 Å². The van der Waals surface area contributed by atoms with Crippen LogP contribution < -0.4 is 5.32 Å². The van der Waals surface area contributed by atoms with E-state index in [9.17, 15) is 18.0 Å². The highest BCUT2D eigenvalue weighted by atomic mass is 79.9. The summed E-state index contributed by atoms with van der Waals surface area (Å²) in [6.07, 6.45) is -4.26. The molecule has 1 aliphatic rings. The van der Waals surface area contributed by atoms with E-state index in [4.69, 9.17) is 5.26 Å². The minimum absolute atomic E-state index is 0.0575. The number of hydrogen-bond donors (Lipinski definition) is 1. The second kappa shape index (κ2) is 6.67. The largest absolute Gasteiger partial charge is 0.401 e. The van der Waals surface area contributed by atoms with Crippen LogP contribution in [-0.4, -0.2) is 36.6 Å². The molecule has 1 aliphatic heterocycles. The molecule has 118 valence electrons. The molecule has 0 saturated carbocycles. The molecule has 1 heterocycles. The Morgan fingerprint density at radius 2 is 2.18 bits per heavy atom. The molecule has 8 heteroatoms. The van der Waals surface area contributed by atoms with Crippen LogP contribution in [0.2, 0.25) is 0 Å². The zero-order chi connectivity index (χ0) is 16.3. The molecule has 1 amide bonds. The van der Waals surface area contributed by atoms with Crippen LogP contribution in [0.25, 0.3) is 0 Å². The zero-order valence-electron chi connectivity index (χ0n) is 11.4. The van der Waals surface area contributed by atoms with Gasteiger partial charge in [-0.15, -0.1) is 0 Å². The lowest BCUT2D eigenvalue weighted by atomic mass is 9.98. The van der Waals surface area contributed by atoms with Crippen LogP contribution in [0, 0.1) is 17.2 Å². The van der Waals surface area contributed by atoms with Gasteiger partial charge in [-0.05, 0) is 17.7 Å². The lowest BCUT2D eigenvalue weighted by Crippen LogP contribution is -2.56. The van der Waals surface area contributed by atoms with Gasteiger partial charge in [0.2, 0.25) is 5.91 Å². The standard InChI is InChI=1S/C14H13BrF3N3O/c15-11-3-1-2-9(4-11)12(5-19)20-13(22)10-6-21(7-10)8-14(16,17)18/h1-4,10,12H,6-8H2,(H,20,22). The maximum atomic E-state index is 12.2. The molecule has 22 heavy (non-hydrogen) atoms. The summed E-state index contributed by atoms with van der Waals surface area (Å²) >= 11 is 3.28. The first kappa shape index (κ1) is 16.8. The van der Waals surface area contributed by atoms with Crippen LogP contribution >= 0.6 is 15.9 Å². The van der Waals surface area contributed by atoms with Crippen LogP contribution in [-0.2, 0) is 4.79 Å². The van der Waals surface area contributed by atoms with Crippen LogP contribution in [0.4, 0.5) is 13.2 Å². The number of carbonyl (C=O) groups excluding carboxylic acids is 1. The van der Waals surface area contributed by atoms with Gasteiger partial charge in [0.05, 0.1) is 18.5 Å². The van der Waals surface area contributed by atoms with Crippen molar-refractivity contribution in [3.8, 4) is 6.07 Å². The molecular formula is C14H13BrF3N3O. The Kier molecular flexibility index (Phi) is 5.08. The first-order chi connectivity index (χ1) is 10.3. The molecule has 0 spiro atoms. The third-order valence-corrected chi connectivity index (χ3v) is 3.82. The summed E-state index contributed by atoms with van der Waals surface area (Å²) in [6.45, 7) is -0.895. The van der Waals surface area contributed by atoms with Crippen molar-refractivity contribution in [2.75, 3.05) is 19.6 Å². The minimum Gasteiger partial charge on any atom is -0.336 e. The van der Waals surface area contributed by atoms with E-state index in [-0.39, 0.29) is 13.1 Å². The van der Waals surface area contributed by atoms with Crippen molar-refractivity contribution in [3.63, 3.8) is 0 Å². The molecule has 1 aromatic rings. The fourth-order valence-corrected chi connectivity index (χ4v) is 2.67. The van der Waals surface area contributed by atoms with Crippen molar-refractivity contribution in [3.05, 3.63) is 34.3 Å². The molecule has 0 bridgehead atoms. The average molecular weight is 376 g/mol. The maximum Gasteiger partial charge on any atom is 0.401 e. The molecule has 4 nitrogen and oxygen atoms in total. The number of nitrogens with one attached hydrogen (secondary N) is 1. The summed E-state index contributed by atoms with van der Waals surface area (Å²) in [4.78, 5) is 13.1. The Hall–Kier alpha value is -1.59. The van der Waals surface area contributed by atoms with Crippen molar-refractivity contribution >= 4 is 21.8 Å². The average Bonchev–Trinajstić information content (AvgIpc) is 2.38. The van der Waals surface area contributed by atoms with E-state index >= 15 is 0 Å². The van der Waals surface area contributed by atoms with Crippen LogP contribution in [0.15, 0.2) is 28.7 Å². The summed E-state index contributed by atoms with van der Waals surface area (Å²) < 4.78 is 37.3. The van der Waals surface area contributed by atoms with Crippen molar-refractivity contribution in [1.29, 1.82) is 5.26 Å². The molecule has 1 fully saturated rings. The van der Waals surface area contributed by atoms with Gasteiger partial charge in [0.15, 0.2) is 0 Å². The van der Waals surface area contributed by atoms with Gasteiger partial charge in [-0.3, -0.25) is 9.69 Å². The summed E-state index contributed by atoms with van der Waals surface area (Å²) in [5.74, 6) is -0.907. The topological polar surface area (TPSA) is 56.1 Å². The lowest BCUT2D eigenvalue weighted by molar-refractivity contribution is -0.163. The summed E-state index contributed by atoms with van der Waals surface area (Å²) in [6, 6.07) is 8.11. The van der Waals surface area contributed by atoms with E-state index in [2.05, 4.69) is 21.2 Å². The van der Waals surface area contributed by atoms with Crippen LogP contribution in [0.1, 0.15) is 11.6 Å². The molecule has 0 aromatic heterocycles. The number of carbonyl (C=O) groups is 1. The van der Waals surface area contributed by atoms with Gasteiger partial charge in [-0.25, -0.2) is 0 Å². The molecule has 1 N–H and O–H groups in total. The zero-order valence-corrected chi connectivity index (χ0v) is 13.0. The number of likely N-dealkylation sites (tertiary alicyclic amines) is 1. The van der Waals surface area contributed by atoms with Gasteiger partial charge in [-0.1, -0.05) is 28.1 Å². The maximum absolute atomic E-state index is 12.2. The van der Waals surface area contributed by atoms with Crippen molar-refractivity contribution < 1.29 is 18.0 Å². The lowest BCUT2D eigenvalue weighted by Gasteiger charge is -2.38. The van der Waals surface area contributed by atoms with Crippen LogP contribution in [0.5, 0.6) is 0 Å². The number of alkyl halides is 3. The molecule has 1 saturated heterocycles. The van der Waals surface area contributed by atoms with Crippen molar-refractivity contribution in [2.24, 2.45) is 5.92 Å². The normalized spacial score (nSPS) is 17.4. The number of nitriles is 1. The van der Waals surface area contributed by atoms with E-state index in [1.807, 2.05) is 6.07 Å². The van der Waals surface area contributed by atoms with Crippen molar-refractivity contribution in [1.82, 2.24) is 10.2 Å². The number of benzene rings is 1. The Bertz CT molecular complexity index is 594. The second-order valence-corrected chi connectivity index (χ2v) is 6.05. The first-order valence-corrected chi connectivity index (χ1v) is 7.32. The Balaban J connectivity index is 1.88. The predicted molar refractivity (Wildman–Crippen MR) is 76.6 cm³/mol.